The van der Waals surface area contributed by atoms with Crippen LogP contribution in [0.15, 0.2) is 23.5 Å². The van der Waals surface area contributed by atoms with Gasteiger partial charge >= 0.3 is 0 Å². The van der Waals surface area contributed by atoms with Crippen LogP contribution in [-0.4, -0.2) is 22.6 Å². The Kier molecular flexibility index (Phi) is 7.58. The van der Waals surface area contributed by atoms with E-state index in [-0.39, 0.29) is 5.84 Å². The molecule has 1 aromatic rings. The summed E-state index contributed by atoms with van der Waals surface area (Å²) in [6, 6.07) is 3.64. The molecule has 0 aliphatic heterocycles. The highest BCUT2D eigenvalue weighted by Gasteiger charge is 2.02. The van der Waals surface area contributed by atoms with E-state index in [0.717, 1.165) is 18.6 Å². The molecule has 1 rings (SSSR count). The zero-order valence-electron chi connectivity index (χ0n) is 11.5. The molecule has 0 saturated heterocycles. The van der Waals surface area contributed by atoms with Crippen LogP contribution in [0.3, 0.4) is 0 Å². The number of aromatic nitrogens is 1. The third-order valence-corrected chi connectivity index (χ3v) is 2.86. The van der Waals surface area contributed by atoms with E-state index in [4.69, 9.17) is 15.7 Å². The summed E-state index contributed by atoms with van der Waals surface area (Å²) in [5, 5.41) is 11.5. The lowest BCUT2D eigenvalue weighted by Crippen LogP contribution is -2.15. The fourth-order valence-electron chi connectivity index (χ4n) is 1.75. The number of nitrogens with zero attached hydrogens (tertiary/aromatic N) is 2. The van der Waals surface area contributed by atoms with Crippen molar-refractivity contribution in [1.29, 1.82) is 0 Å². The predicted molar refractivity (Wildman–Crippen MR) is 75.2 cm³/mol. The molecule has 3 N–H and O–H groups in total. The van der Waals surface area contributed by atoms with Gasteiger partial charge in [-0.25, -0.2) is 0 Å². The van der Waals surface area contributed by atoms with Gasteiger partial charge in [-0.2, -0.15) is 0 Å². The van der Waals surface area contributed by atoms with Gasteiger partial charge in [0.05, 0.1) is 6.61 Å². The topological polar surface area (TPSA) is 80.7 Å². The summed E-state index contributed by atoms with van der Waals surface area (Å²) in [6.07, 6.45) is 7.79. The van der Waals surface area contributed by atoms with E-state index in [2.05, 4.69) is 17.1 Å². The fraction of sp³-hybridized carbons (Fsp3) is 0.571. The highest BCUT2D eigenvalue weighted by Crippen LogP contribution is 2.06. The molecule has 0 amide bonds. The number of oxime groups is 1. The molecular weight excluding hydrogens is 242 g/mol. The molecule has 0 aliphatic rings. The zero-order valence-corrected chi connectivity index (χ0v) is 11.5. The van der Waals surface area contributed by atoms with E-state index in [1.807, 2.05) is 6.07 Å². The van der Waals surface area contributed by atoms with Crippen molar-refractivity contribution in [2.75, 3.05) is 6.61 Å². The molecule has 0 saturated carbocycles. The van der Waals surface area contributed by atoms with Gasteiger partial charge in [-0.05, 0) is 24.1 Å². The van der Waals surface area contributed by atoms with Gasteiger partial charge in [-0.1, -0.05) is 37.8 Å². The Bertz CT molecular complexity index is 394. The average Bonchev–Trinajstić information content (AvgIpc) is 2.46. The third-order valence-electron chi connectivity index (χ3n) is 2.86. The van der Waals surface area contributed by atoms with Crippen LogP contribution >= 0.6 is 0 Å². The molecule has 0 fully saturated rings. The number of hydrogen-bond acceptors (Lipinski definition) is 4. The SMILES string of the molecule is CCCCCCCOCc1ccnc(C(N)=NO)c1. The molecular formula is C14H23N3O2. The molecule has 0 bridgehead atoms. The number of ether oxygens (including phenoxy) is 1. The second-order valence-electron chi connectivity index (χ2n) is 4.50. The number of hydrogen-bond donors (Lipinski definition) is 2. The van der Waals surface area contributed by atoms with E-state index in [1.165, 1.54) is 25.7 Å². The summed E-state index contributed by atoms with van der Waals surface area (Å²) in [5.74, 6) is 0.0152. The number of unbranched alkanes of at least 4 members (excludes halogenated alkanes) is 4. The maximum Gasteiger partial charge on any atom is 0.188 e. The fourth-order valence-corrected chi connectivity index (χ4v) is 1.75. The van der Waals surface area contributed by atoms with E-state index in [9.17, 15) is 0 Å². The van der Waals surface area contributed by atoms with Gasteiger partial charge in [0.15, 0.2) is 5.84 Å². The Morgan fingerprint density at radius 3 is 2.89 bits per heavy atom. The lowest BCUT2D eigenvalue weighted by molar-refractivity contribution is 0.116. The molecule has 0 radical (unpaired) electrons. The van der Waals surface area contributed by atoms with Crippen molar-refractivity contribution in [3.63, 3.8) is 0 Å². The van der Waals surface area contributed by atoms with E-state index >= 15 is 0 Å². The van der Waals surface area contributed by atoms with Crippen molar-refractivity contribution in [3.8, 4) is 0 Å². The van der Waals surface area contributed by atoms with Crippen molar-refractivity contribution in [3.05, 3.63) is 29.6 Å². The minimum absolute atomic E-state index is 0.0152. The Labute approximate surface area is 114 Å². The van der Waals surface area contributed by atoms with Crippen LogP contribution in [0.4, 0.5) is 0 Å². The van der Waals surface area contributed by atoms with Crippen LogP contribution < -0.4 is 5.73 Å². The molecule has 0 aliphatic carbocycles. The van der Waals surface area contributed by atoms with Crippen LogP contribution in [0.25, 0.3) is 0 Å². The van der Waals surface area contributed by atoms with E-state index < -0.39 is 0 Å². The maximum absolute atomic E-state index is 8.59. The van der Waals surface area contributed by atoms with Crippen molar-refractivity contribution in [1.82, 2.24) is 4.98 Å². The van der Waals surface area contributed by atoms with Gasteiger partial charge in [-0.15, -0.1) is 0 Å². The van der Waals surface area contributed by atoms with Crippen molar-refractivity contribution < 1.29 is 9.94 Å². The molecule has 19 heavy (non-hydrogen) atoms. The maximum atomic E-state index is 8.59. The summed E-state index contributed by atoms with van der Waals surface area (Å²) in [5.41, 5.74) is 6.92. The molecule has 1 aromatic heterocycles. The molecule has 0 spiro atoms. The smallest absolute Gasteiger partial charge is 0.188 e. The lowest BCUT2D eigenvalue weighted by Gasteiger charge is -2.05. The first-order valence-corrected chi connectivity index (χ1v) is 6.78. The highest BCUT2D eigenvalue weighted by molar-refractivity contribution is 5.95. The summed E-state index contributed by atoms with van der Waals surface area (Å²) >= 11 is 0. The minimum Gasteiger partial charge on any atom is -0.409 e. The largest absolute Gasteiger partial charge is 0.409 e. The summed E-state index contributed by atoms with van der Waals surface area (Å²) in [4.78, 5) is 4.02. The van der Waals surface area contributed by atoms with Gasteiger partial charge in [0.1, 0.15) is 5.69 Å². The van der Waals surface area contributed by atoms with Gasteiger partial charge in [0.25, 0.3) is 0 Å². The van der Waals surface area contributed by atoms with Crippen LogP contribution in [0.1, 0.15) is 50.3 Å². The van der Waals surface area contributed by atoms with Gasteiger partial charge in [0.2, 0.25) is 0 Å². The quantitative estimate of drug-likeness (QED) is 0.236. The highest BCUT2D eigenvalue weighted by atomic mass is 16.5. The first kappa shape index (κ1) is 15.4. The van der Waals surface area contributed by atoms with E-state index in [1.54, 1.807) is 12.3 Å². The molecule has 0 aromatic carbocycles. The molecule has 0 atom stereocenters. The van der Waals surface area contributed by atoms with Crippen LogP contribution in [0.2, 0.25) is 0 Å². The molecule has 1 heterocycles. The monoisotopic (exact) mass is 265 g/mol. The summed E-state index contributed by atoms with van der Waals surface area (Å²) in [6.45, 7) is 3.51. The summed E-state index contributed by atoms with van der Waals surface area (Å²) < 4.78 is 5.60. The second kappa shape index (κ2) is 9.33. The van der Waals surface area contributed by atoms with Gasteiger partial charge < -0.3 is 15.7 Å². The first-order chi connectivity index (χ1) is 9.27. The van der Waals surface area contributed by atoms with Crippen molar-refractivity contribution in [2.45, 2.75) is 45.6 Å². The van der Waals surface area contributed by atoms with Crippen LogP contribution in [-0.2, 0) is 11.3 Å². The molecule has 106 valence electrons. The van der Waals surface area contributed by atoms with Crippen LogP contribution in [0, 0.1) is 0 Å². The second-order valence-corrected chi connectivity index (χ2v) is 4.50. The van der Waals surface area contributed by atoms with E-state index in [0.29, 0.717) is 12.3 Å². The number of amidine groups is 1. The Morgan fingerprint density at radius 2 is 2.16 bits per heavy atom. The lowest BCUT2D eigenvalue weighted by atomic mass is 10.2. The predicted octanol–water partition coefficient (Wildman–Crippen LogP) is 2.66. The Morgan fingerprint density at radius 1 is 1.37 bits per heavy atom. The number of pyridine rings is 1. The summed E-state index contributed by atoms with van der Waals surface area (Å²) in [7, 11) is 0. The van der Waals surface area contributed by atoms with Crippen molar-refractivity contribution >= 4 is 5.84 Å². The average molecular weight is 265 g/mol. The number of nitrogens with two attached hydrogens (primary N) is 1. The van der Waals surface area contributed by atoms with Crippen LogP contribution in [0.5, 0.6) is 0 Å². The molecule has 5 nitrogen and oxygen atoms in total. The van der Waals surface area contributed by atoms with Gasteiger partial charge in [0, 0.05) is 12.8 Å². The Hall–Kier alpha value is -1.62. The minimum atomic E-state index is 0.0152. The molecule has 0 unspecified atom stereocenters. The standard InChI is InChI=1S/C14H23N3O2/c1-2-3-4-5-6-9-19-11-12-7-8-16-13(10-12)14(15)17-18/h7-8,10,18H,2-6,9,11H2,1H3,(H2,15,17). The Balaban J connectivity index is 2.26. The molecule has 5 heteroatoms. The zero-order chi connectivity index (χ0) is 13.9. The third kappa shape index (κ3) is 6.20. The normalized spacial score (nSPS) is 11.7. The first-order valence-electron chi connectivity index (χ1n) is 6.78. The van der Waals surface area contributed by atoms with Gasteiger partial charge in [-0.3, -0.25) is 4.98 Å². The number of rotatable bonds is 9. The van der Waals surface area contributed by atoms with Crippen molar-refractivity contribution in [2.24, 2.45) is 10.9 Å².